The van der Waals surface area contributed by atoms with Gasteiger partial charge in [-0.05, 0) is 175 Å². The van der Waals surface area contributed by atoms with Crippen molar-refractivity contribution >= 4 is 176 Å². The first-order chi connectivity index (χ1) is 62.7. The van der Waals surface area contributed by atoms with Crippen molar-refractivity contribution in [1.29, 1.82) is 0 Å². The molecule has 23 aromatic carbocycles. The molecule has 0 amide bonds. The lowest BCUT2D eigenvalue weighted by Gasteiger charge is -2.18. The number of fused-ring (bicyclic) bond motifs is 30. The summed E-state index contributed by atoms with van der Waals surface area (Å²) in [5.74, 6) is 0. The van der Waals surface area contributed by atoms with Gasteiger partial charge in [-0.25, -0.2) is 0 Å². The molecule has 596 valence electrons. The monoisotopic (exact) mass is 1630 g/mol. The van der Waals surface area contributed by atoms with Gasteiger partial charge >= 0.3 is 0 Å². The Labute approximate surface area is 737 Å². The molecule has 4 heteroatoms. The van der Waals surface area contributed by atoms with Crippen LogP contribution in [-0.4, -0.2) is 21.8 Å². The number of aromatic nitrogens is 3. The minimum absolute atomic E-state index is 1.16. The van der Waals surface area contributed by atoms with E-state index in [2.05, 4.69) is 494 Å². The summed E-state index contributed by atoms with van der Waals surface area (Å²) in [5.41, 5.74) is 23.3. The maximum Gasteiger partial charge on any atom is 0.0775 e. The van der Waals surface area contributed by atoms with Gasteiger partial charge in [0.05, 0.1) is 41.2 Å². The highest BCUT2D eigenvalue weighted by atomic mass is 28.3. The summed E-state index contributed by atoms with van der Waals surface area (Å²) >= 11 is 0. The van der Waals surface area contributed by atoms with E-state index in [1.54, 1.807) is 0 Å². The molecule has 26 aromatic rings. The molecule has 0 aliphatic carbocycles. The molecule has 0 atom stereocenters. The number of hydrogen-bond acceptors (Lipinski definition) is 0. The zero-order chi connectivity index (χ0) is 84.4. The second kappa shape index (κ2) is 30.5. The molecule has 0 unspecified atom stereocenters. The summed E-state index contributed by atoms with van der Waals surface area (Å²) < 4.78 is 7.44. The number of hydrogen-bond donors (Lipinski definition) is 0. The van der Waals surface area contributed by atoms with Gasteiger partial charge in [-0.2, -0.15) is 0 Å². The highest BCUT2D eigenvalue weighted by molar-refractivity contribution is 6.88. The normalized spacial score (nSPS) is 11.9. The van der Waals surface area contributed by atoms with E-state index in [9.17, 15) is 0 Å². The second-order valence-electron chi connectivity index (χ2n) is 34.9. The summed E-state index contributed by atoms with van der Waals surface area (Å²) in [6.07, 6.45) is 0. The summed E-state index contributed by atoms with van der Waals surface area (Å²) in [6.45, 7) is 7.23. The first-order valence-corrected chi connectivity index (χ1v) is 47.7. The Hall–Kier alpha value is -16.0. The van der Waals surface area contributed by atoms with Crippen LogP contribution in [0.3, 0.4) is 0 Å². The van der Waals surface area contributed by atoms with Crippen LogP contribution in [0.5, 0.6) is 0 Å². The molecule has 0 radical (unpaired) electrons. The van der Waals surface area contributed by atoms with Crippen LogP contribution in [0.15, 0.2) is 461 Å². The number of nitrogens with zero attached hydrogens (tertiary/aromatic N) is 3. The van der Waals surface area contributed by atoms with E-state index in [1.165, 1.54) is 235 Å². The quantitative estimate of drug-likeness (QED) is 0.101. The van der Waals surface area contributed by atoms with E-state index in [0.29, 0.717) is 0 Å². The van der Waals surface area contributed by atoms with Crippen LogP contribution in [0.4, 0.5) is 0 Å². The lowest BCUT2D eigenvalue weighted by Crippen LogP contribution is -2.37. The summed E-state index contributed by atoms with van der Waals surface area (Å²) in [6, 6.07) is 169. The smallest absolute Gasteiger partial charge is 0.0775 e. The van der Waals surface area contributed by atoms with Crippen LogP contribution in [0, 0.1) is 0 Å². The second-order valence-corrected chi connectivity index (χ2v) is 39.9. The van der Waals surface area contributed by atoms with E-state index in [0.717, 1.165) is 5.69 Å². The van der Waals surface area contributed by atoms with Crippen LogP contribution < -0.4 is 5.19 Å². The van der Waals surface area contributed by atoms with Gasteiger partial charge in [0.1, 0.15) is 0 Å². The van der Waals surface area contributed by atoms with Gasteiger partial charge in [0.2, 0.25) is 0 Å². The molecule has 3 heterocycles. The fourth-order valence-electron chi connectivity index (χ4n) is 20.7. The Morgan fingerprint density at radius 1 is 0.150 bits per heavy atom. The average molecular weight is 1630 g/mol. The van der Waals surface area contributed by atoms with Gasteiger partial charge in [-0.1, -0.05) is 431 Å². The molecule has 0 aliphatic heterocycles. The van der Waals surface area contributed by atoms with E-state index in [4.69, 9.17) is 0 Å². The SMILES string of the molecule is C[Si](C)(C)c1ccc(-n2c3ccccc3c3c4c5ccccc5ccc4c4ccccc4c32)cc1.c1ccc(-c2ccc(-c3ccc(-c4ccc(-n5c6ccccc6c6c7c8ccccc8ccc7c7ccccc7c65)cc4)cc3)cc2)cc1.c1ccc(-c2ccc(-c3cccc(-n4c5ccccc5c5c6c7ccccc7ccc6c6ccccc6c54)c3)cc2)cc1. The molecule has 0 bridgehead atoms. The molecular formula is C123H85N3Si. The highest BCUT2D eigenvalue weighted by Gasteiger charge is 2.26. The van der Waals surface area contributed by atoms with Crippen LogP contribution in [0.2, 0.25) is 19.6 Å². The van der Waals surface area contributed by atoms with Gasteiger partial charge in [0.15, 0.2) is 0 Å². The zero-order valence-corrected chi connectivity index (χ0v) is 71.7. The molecule has 26 rings (SSSR count). The number of para-hydroxylation sites is 3. The number of benzene rings is 23. The molecule has 3 nitrogen and oxygen atoms in total. The first kappa shape index (κ1) is 74.8. The third kappa shape index (κ3) is 12.5. The van der Waals surface area contributed by atoms with E-state index < -0.39 is 8.07 Å². The standard InChI is InChI=1S/C48H31N.C42H27N.C33H27NSi/c1-2-10-32(11-3-1)33-18-20-34(21-19-33)35-22-24-36(25-23-35)37-26-29-39(30-27-37)49-45-17-9-8-16-44(45)47-46-40-13-5-4-12-38(40)28-31-42(46)41-14-6-7-15-43(41)48(47)49;1-2-11-28(12-3-1)29-21-23-30(24-22-29)32-14-10-15-33(27-32)43-39-20-9-8-19-38(39)41-40-34-16-5-4-13-31(34)25-26-36(40)35-17-6-7-18-37(35)42(41)43;1-35(2,3)24-19-17-23(18-20-24)34-30-15-9-8-14-29(30)32-31-25-11-5-4-10-22(25)16-21-27(31)26-12-6-7-13-28(26)33(32)34/h1-31H;1-27H;4-21H,1-3H3. The van der Waals surface area contributed by atoms with Crippen molar-refractivity contribution in [3.05, 3.63) is 461 Å². The Morgan fingerprint density at radius 2 is 0.394 bits per heavy atom. The topological polar surface area (TPSA) is 14.8 Å². The third-order valence-corrected chi connectivity index (χ3v) is 28.7. The van der Waals surface area contributed by atoms with Gasteiger partial charge in [0, 0.05) is 81.7 Å². The maximum atomic E-state index is 2.49. The van der Waals surface area contributed by atoms with Gasteiger partial charge in [-0.15, -0.1) is 0 Å². The fraction of sp³-hybridized carbons (Fsp3) is 0.0244. The molecule has 0 saturated heterocycles. The van der Waals surface area contributed by atoms with Gasteiger partial charge in [0.25, 0.3) is 0 Å². The van der Waals surface area contributed by atoms with E-state index in [1.807, 2.05) is 0 Å². The van der Waals surface area contributed by atoms with Crippen LogP contribution in [0.1, 0.15) is 0 Å². The summed E-state index contributed by atoms with van der Waals surface area (Å²) in [4.78, 5) is 0. The molecule has 0 saturated carbocycles. The van der Waals surface area contributed by atoms with E-state index in [-0.39, 0.29) is 0 Å². The van der Waals surface area contributed by atoms with Crippen molar-refractivity contribution in [3.63, 3.8) is 0 Å². The molecule has 0 N–H and O–H groups in total. The minimum atomic E-state index is -1.37. The number of rotatable bonds is 9. The zero-order valence-electron chi connectivity index (χ0n) is 70.7. The van der Waals surface area contributed by atoms with Crippen LogP contribution in [0.25, 0.3) is 235 Å². The van der Waals surface area contributed by atoms with E-state index >= 15 is 0 Å². The molecule has 0 spiro atoms. The molecule has 127 heavy (non-hydrogen) atoms. The van der Waals surface area contributed by atoms with Crippen molar-refractivity contribution in [3.8, 4) is 72.7 Å². The van der Waals surface area contributed by atoms with Crippen molar-refractivity contribution in [2.75, 3.05) is 0 Å². The lowest BCUT2D eigenvalue weighted by atomic mass is 9.93. The maximum absolute atomic E-state index is 2.49. The Bertz CT molecular complexity index is 8860. The largest absolute Gasteiger partial charge is 0.309 e. The average Bonchev–Trinajstić information content (AvgIpc) is 1.55. The fourth-order valence-corrected chi connectivity index (χ4v) is 21.8. The first-order valence-electron chi connectivity index (χ1n) is 44.2. The molecule has 0 fully saturated rings. The Balaban J connectivity index is 0.000000108. The van der Waals surface area contributed by atoms with Crippen LogP contribution in [-0.2, 0) is 0 Å². The lowest BCUT2D eigenvalue weighted by molar-refractivity contribution is 1.19. The van der Waals surface area contributed by atoms with Crippen LogP contribution >= 0.6 is 0 Å². The van der Waals surface area contributed by atoms with Crippen molar-refractivity contribution in [2.45, 2.75) is 19.6 Å². The molecular weight excluding hydrogens is 1550 g/mol. The van der Waals surface area contributed by atoms with Gasteiger partial charge in [-0.3, -0.25) is 0 Å². The van der Waals surface area contributed by atoms with Crippen molar-refractivity contribution in [2.24, 2.45) is 0 Å². The van der Waals surface area contributed by atoms with Crippen molar-refractivity contribution < 1.29 is 0 Å². The third-order valence-electron chi connectivity index (χ3n) is 26.7. The van der Waals surface area contributed by atoms with Gasteiger partial charge < -0.3 is 13.7 Å². The molecule has 3 aromatic heterocycles. The molecule has 0 aliphatic rings. The minimum Gasteiger partial charge on any atom is -0.309 e. The highest BCUT2D eigenvalue weighted by Crippen LogP contribution is 2.50. The summed E-state index contributed by atoms with van der Waals surface area (Å²) in [7, 11) is -1.37. The predicted octanol–water partition coefficient (Wildman–Crippen LogP) is 33.6. The Kier molecular flexibility index (Phi) is 18.0. The predicted molar refractivity (Wildman–Crippen MR) is 550 cm³/mol. The Morgan fingerprint density at radius 3 is 0.724 bits per heavy atom. The van der Waals surface area contributed by atoms with Crippen molar-refractivity contribution in [1.82, 2.24) is 13.7 Å². The summed E-state index contributed by atoms with van der Waals surface area (Å²) in [5, 5.41) is 32.7.